The Kier molecular flexibility index (Phi) is 5.71. The van der Waals surface area contributed by atoms with Gasteiger partial charge in [-0.05, 0) is 29.6 Å². The molecule has 9 nitrogen and oxygen atoms in total. The highest BCUT2D eigenvalue weighted by atomic mass is 16.5. The molecule has 0 saturated carbocycles. The smallest absolute Gasteiger partial charge is 0.423 e. The summed E-state index contributed by atoms with van der Waals surface area (Å²) in [5.41, 5.74) is 3.86. The van der Waals surface area contributed by atoms with Gasteiger partial charge in [-0.25, -0.2) is 0 Å². The van der Waals surface area contributed by atoms with Crippen LogP contribution in [0.25, 0.3) is 16.9 Å². The van der Waals surface area contributed by atoms with Crippen LogP contribution < -0.4 is 10.8 Å². The van der Waals surface area contributed by atoms with E-state index in [4.69, 9.17) is 4.74 Å². The SMILES string of the molecule is COCc1cccc2c1cnn2-c1nnc(C)c(NCc2cccc(B(O)O)c2)n1. The molecule has 0 bridgehead atoms. The van der Waals surface area contributed by atoms with Crippen molar-refractivity contribution in [3.05, 3.63) is 65.5 Å². The van der Waals surface area contributed by atoms with Crippen LogP contribution in [0.3, 0.4) is 0 Å². The Bertz CT molecular complexity index is 1180. The number of nitrogens with zero attached hydrogens (tertiary/aromatic N) is 5. The average Bonchev–Trinajstić information content (AvgIpc) is 3.19. The molecular formula is C20H21BN6O3. The predicted molar refractivity (Wildman–Crippen MR) is 113 cm³/mol. The first-order valence-corrected chi connectivity index (χ1v) is 9.42. The maximum Gasteiger partial charge on any atom is 0.488 e. The summed E-state index contributed by atoms with van der Waals surface area (Å²) in [6.45, 7) is 2.75. The molecule has 0 saturated heterocycles. The topological polar surface area (TPSA) is 118 Å². The van der Waals surface area contributed by atoms with Crippen molar-refractivity contribution in [3.63, 3.8) is 0 Å². The number of anilines is 1. The van der Waals surface area contributed by atoms with E-state index >= 15 is 0 Å². The van der Waals surface area contributed by atoms with E-state index in [1.807, 2.05) is 31.2 Å². The Morgan fingerprint density at radius 2 is 1.97 bits per heavy atom. The number of rotatable bonds is 7. The van der Waals surface area contributed by atoms with Gasteiger partial charge in [0.15, 0.2) is 5.82 Å². The summed E-state index contributed by atoms with van der Waals surface area (Å²) < 4.78 is 6.91. The van der Waals surface area contributed by atoms with Gasteiger partial charge in [-0.2, -0.15) is 14.8 Å². The molecule has 2 heterocycles. The van der Waals surface area contributed by atoms with Gasteiger partial charge < -0.3 is 20.1 Å². The van der Waals surface area contributed by atoms with Gasteiger partial charge >= 0.3 is 7.12 Å². The molecule has 2 aromatic heterocycles. The van der Waals surface area contributed by atoms with Crippen LogP contribution in [0.1, 0.15) is 16.8 Å². The second-order valence-electron chi connectivity index (χ2n) is 6.86. The minimum absolute atomic E-state index is 0.354. The van der Waals surface area contributed by atoms with Gasteiger partial charge in [-0.15, -0.1) is 10.2 Å². The lowest BCUT2D eigenvalue weighted by atomic mass is 9.80. The molecule has 0 unspecified atom stereocenters. The van der Waals surface area contributed by atoms with Crippen LogP contribution in [0, 0.1) is 6.92 Å². The van der Waals surface area contributed by atoms with Crippen LogP contribution >= 0.6 is 0 Å². The number of aryl methyl sites for hydroxylation is 1. The van der Waals surface area contributed by atoms with E-state index in [0.29, 0.717) is 36.1 Å². The van der Waals surface area contributed by atoms with Gasteiger partial charge in [0.1, 0.15) is 5.69 Å². The van der Waals surface area contributed by atoms with Crippen LogP contribution in [-0.4, -0.2) is 49.2 Å². The zero-order valence-corrected chi connectivity index (χ0v) is 16.6. The summed E-state index contributed by atoms with van der Waals surface area (Å²) in [6.07, 6.45) is 1.77. The number of benzene rings is 2. The first-order chi connectivity index (χ1) is 14.6. The van der Waals surface area contributed by atoms with Crippen molar-refractivity contribution >= 4 is 29.3 Å². The molecule has 3 N–H and O–H groups in total. The molecule has 152 valence electrons. The van der Waals surface area contributed by atoms with E-state index in [0.717, 1.165) is 22.0 Å². The summed E-state index contributed by atoms with van der Waals surface area (Å²) in [4.78, 5) is 4.60. The monoisotopic (exact) mass is 404 g/mol. The van der Waals surface area contributed by atoms with E-state index in [1.54, 1.807) is 36.2 Å². The first kappa shape index (κ1) is 20.0. The number of methoxy groups -OCH3 is 1. The zero-order valence-electron chi connectivity index (χ0n) is 16.6. The highest BCUT2D eigenvalue weighted by Crippen LogP contribution is 2.21. The molecule has 0 atom stereocenters. The molecule has 10 heteroatoms. The molecule has 30 heavy (non-hydrogen) atoms. The minimum Gasteiger partial charge on any atom is -0.423 e. The fourth-order valence-corrected chi connectivity index (χ4v) is 3.23. The van der Waals surface area contributed by atoms with Crippen LogP contribution in [0.4, 0.5) is 5.82 Å². The Hall–Kier alpha value is -3.34. The fraction of sp³-hybridized carbons (Fsp3) is 0.200. The largest absolute Gasteiger partial charge is 0.488 e. The summed E-state index contributed by atoms with van der Waals surface area (Å²) in [5.74, 6) is 0.929. The molecule has 0 fully saturated rings. The van der Waals surface area contributed by atoms with Crippen molar-refractivity contribution < 1.29 is 14.8 Å². The number of hydrogen-bond donors (Lipinski definition) is 3. The van der Waals surface area contributed by atoms with E-state index in [2.05, 4.69) is 25.6 Å². The Morgan fingerprint density at radius 1 is 1.13 bits per heavy atom. The van der Waals surface area contributed by atoms with Gasteiger partial charge in [0.25, 0.3) is 5.95 Å². The second kappa shape index (κ2) is 8.58. The van der Waals surface area contributed by atoms with Gasteiger partial charge in [0.2, 0.25) is 0 Å². The third-order valence-electron chi connectivity index (χ3n) is 4.75. The molecule has 0 aliphatic rings. The van der Waals surface area contributed by atoms with Gasteiger partial charge in [0.05, 0.1) is 18.3 Å². The van der Waals surface area contributed by atoms with Crippen molar-refractivity contribution in [3.8, 4) is 5.95 Å². The molecule has 0 spiro atoms. The molecule has 0 amide bonds. The highest BCUT2D eigenvalue weighted by molar-refractivity contribution is 6.58. The van der Waals surface area contributed by atoms with Crippen LogP contribution in [0.2, 0.25) is 0 Å². The summed E-state index contributed by atoms with van der Waals surface area (Å²) >= 11 is 0. The zero-order chi connectivity index (χ0) is 21.1. The fourth-order valence-electron chi connectivity index (χ4n) is 3.23. The average molecular weight is 404 g/mol. The summed E-state index contributed by atoms with van der Waals surface area (Å²) in [6, 6.07) is 12.9. The van der Waals surface area contributed by atoms with E-state index in [9.17, 15) is 10.0 Å². The predicted octanol–water partition coefficient (Wildman–Crippen LogP) is 0.957. The normalized spacial score (nSPS) is 11.1. The highest BCUT2D eigenvalue weighted by Gasteiger charge is 2.14. The number of hydrogen-bond acceptors (Lipinski definition) is 8. The van der Waals surface area contributed by atoms with Gasteiger partial charge in [0, 0.05) is 19.0 Å². The quantitative estimate of drug-likeness (QED) is 0.390. The van der Waals surface area contributed by atoms with Crippen LogP contribution in [-0.2, 0) is 17.9 Å². The van der Waals surface area contributed by atoms with Crippen molar-refractivity contribution in [2.45, 2.75) is 20.1 Å². The van der Waals surface area contributed by atoms with Crippen molar-refractivity contribution in [2.75, 3.05) is 12.4 Å². The summed E-state index contributed by atoms with van der Waals surface area (Å²) in [5, 5.41) is 35.8. The third kappa shape index (κ3) is 4.01. The second-order valence-corrected chi connectivity index (χ2v) is 6.86. The number of aromatic nitrogens is 5. The Balaban J connectivity index is 1.62. The molecule has 2 aromatic carbocycles. The Labute approximate surface area is 173 Å². The van der Waals surface area contributed by atoms with E-state index < -0.39 is 7.12 Å². The van der Waals surface area contributed by atoms with E-state index in [1.165, 1.54) is 0 Å². The van der Waals surface area contributed by atoms with Crippen LogP contribution in [0.5, 0.6) is 0 Å². The van der Waals surface area contributed by atoms with Crippen LogP contribution in [0.15, 0.2) is 48.7 Å². The number of nitrogens with one attached hydrogen (secondary N) is 1. The maximum absolute atomic E-state index is 9.35. The van der Waals surface area contributed by atoms with Crippen molar-refractivity contribution in [2.24, 2.45) is 0 Å². The Morgan fingerprint density at radius 3 is 2.77 bits per heavy atom. The number of fused-ring (bicyclic) bond motifs is 1. The van der Waals surface area contributed by atoms with Gasteiger partial charge in [-0.1, -0.05) is 36.4 Å². The molecular weight excluding hydrogens is 383 g/mol. The molecule has 0 radical (unpaired) electrons. The molecule has 4 rings (SSSR count). The van der Waals surface area contributed by atoms with Crippen molar-refractivity contribution in [1.82, 2.24) is 25.0 Å². The molecule has 4 aromatic rings. The lowest BCUT2D eigenvalue weighted by Gasteiger charge is -2.10. The lowest BCUT2D eigenvalue weighted by Crippen LogP contribution is -2.30. The molecule has 0 aliphatic heterocycles. The van der Waals surface area contributed by atoms with Crippen molar-refractivity contribution in [1.29, 1.82) is 0 Å². The minimum atomic E-state index is -1.50. The first-order valence-electron chi connectivity index (χ1n) is 9.42. The molecule has 0 aliphatic carbocycles. The van der Waals surface area contributed by atoms with Gasteiger partial charge in [-0.3, -0.25) is 0 Å². The van der Waals surface area contributed by atoms with E-state index in [-0.39, 0.29) is 0 Å². The number of ether oxygens (including phenoxy) is 1. The maximum atomic E-state index is 9.35. The lowest BCUT2D eigenvalue weighted by molar-refractivity contribution is 0.186. The third-order valence-corrected chi connectivity index (χ3v) is 4.75. The standard InChI is InChI=1S/C20H21BN6O3/c1-13-19(22-10-14-5-3-7-16(9-14)21(28)29)24-20(26-25-13)27-18-8-4-6-15(12-30-2)17(18)11-23-27/h3-9,11,28-29H,10,12H2,1-2H3,(H,22,24,26). The summed E-state index contributed by atoms with van der Waals surface area (Å²) in [7, 11) is 0.153.